The fourth-order valence-corrected chi connectivity index (χ4v) is 0. The van der Waals surface area contributed by atoms with E-state index in [1.54, 1.807) is 0 Å². The molecule has 0 saturated heterocycles. The van der Waals surface area contributed by atoms with Crippen LogP contribution in [0.4, 0.5) is 0 Å². The van der Waals surface area contributed by atoms with Crippen molar-refractivity contribution >= 4 is 83.0 Å². The van der Waals surface area contributed by atoms with Crippen molar-refractivity contribution in [1.82, 2.24) is 0 Å². The maximum Gasteiger partial charge on any atom is 0.300 e. The number of carboxylic acids is 4. The summed E-state index contributed by atoms with van der Waals surface area (Å²) in [6, 6.07) is 0. The fraction of sp³-hybridized carbons (Fsp3) is 0.500. The van der Waals surface area contributed by atoms with E-state index in [0.717, 1.165) is 27.7 Å². The number of aliphatic carboxylic acids is 4. The van der Waals surface area contributed by atoms with Crippen molar-refractivity contribution in [1.29, 1.82) is 0 Å². The second-order valence-corrected chi connectivity index (χ2v) is 2.08. The number of hydrogen-bond donors (Lipinski definition) is 4. The zero-order valence-corrected chi connectivity index (χ0v) is 15.4. The van der Waals surface area contributed by atoms with Crippen LogP contribution in [0.25, 0.3) is 0 Å². The smallest absolute Gasteiger partial charge is 0.300 e. The summed E-state index contributed by atoms with van der Waals surface area (Å²) < 4.78 is 0. The quantitative estimate of drug-likeness (QED) is 0.439. The molecule has 8 nitrogen and oxygen atoms in total. The SMILES string of the molecule is CC(=O)O.CC(=O)O.CC(=O)O.CC(=O)O.[Na].[Na]. The molecule has 2 radical (unpaired) electrons. The summed E-state index contributed by atoms with van der Waals surface area (Å²) in [6.07, 6.45) is 0. The maximum absolute atomic E-state index is 9.00. The second kappa shape index (κ2) is 30.2. The average Bonchev–Trinajstić information content (AvgIpc) is 1.76. The number of carbonyl (C=O) groups is 4. The molecule has 4 N–H and O–H groups in total. The summed E-state index contributed by atoms with van der Waals surface area (Å²) in [5, 5.41) is 29.7. The van der Waals surface area contributed by atoms with E-state index in [0.29, 0.717) is 0 Å². The van der Waals surface area contributed by atoms with Gasteiger partial charge in [-0.25, -0.2) is 0 Å². The van der Waals surface area contributed by atoms with Gasteiger partial charge in [0.2, 0.25) is 0 Å². The number of carboxylic acid groups (broad SMARTS) is 4. The zero-order valence-electron chi connectivity index (χ0n) is 11.4. The van der Waals surface area contributed by atoms with Crippen LogP contribution < -0.4 is 0 Å². The molecule has 0 aliphatic heterocycles. The van der Waals surface area contributed by atoms with Crippen molar-refractivity contribution in [3.05, 3.63) is 0 Å². The maximum atomic E-state index is 9.00. The topological polar surface area (TPSA) is 149 Å². The third-order valence-corrected chi connectivity index (χ3v) is 0. The minimum absolute atomic E-state index is 0. The molecule has 0 aliphatic carbocycles. The summed E-state index contributed by atoms with van der Waals surface area (Å²) in [4.78, 5) is 36.0. The summed E-state index contributed by atoms with van der Waals surface area (Å²) in [6.45, 7) is 4.33. The first-order chi connectivity index (χ1) is 6.93. The van der Waals surface area contributed by atoms with Gasteiger partial charge in [0.15, 0.2) is 0 Å². The van der Waals surface area contributed by atoms with Crippen LogP contribution in [0.2, 0.25) is 0 Å². The Labute approximate surface area is 149 Å². The first-order valence-electron chi connectivity index (χ1n) is 3.71. The molecule has 0 aromatic heterocycles. The molecular weight excluding hydrogens is 270 g/mol. The van der Waals surface area contributed by atoms with Gasteiger partial charge < -0.3 is 20.4 Å². The van der Waals surface area contributed by atoms with E-state index in [1.165, 1.54) is 0 Å². The molecule has 98 valence electrons. The Bertz CT molecular complexity index is 165. The molecule has 10 heteroatoms. The monoisotopic (exact) mass is 286 g/mol. The van der Waals surface area contributed by atoms with Crippen LogP contribution in [0.1, 0.15) is 27.7 Å². The van der Waals surface area contributed by atoms with E-state index in [-0.39, 0.29) is 59.1 Å². The summed E-state index contributed by atoms with van der Waals surface area (Å²) in [5.41, 5.74) is 0. The van der Waals surface area contributed by atoms with E-state index in [9.17, 15) is 0 Å². The van der Waals surface area contributed by atoms with Gasteiger partial charge in [-0.05, 0) is 0 Å². The molecule has 0 amide bonds. The van der Waals surface area contributed by atoms with E-state index >= 15 is 0 Å². The van der Waals surface area contributed by atoms with Crippen LogP contribution in [-0.2, 0) is 19.2 Å². The van der Waals surface area contributed by atoms with Crippen molar-refractivity contribution < 1.29 is 39.6 Å². The van der Waals surface area contributed by atoms with E-state index in [1.807, 2.05) is 0 Å². The van der Waals surface area contributed by atoms with Gasteiger partial charge in [-0.1, -0.05) is 0 Å². The summed E-state index contributed by atoms with van der Waals surface area (Å²) >= 11 is 0. The van der Waals surface area contributed by atoms with Crippen molar-refractivity contribution in [2.45, 2.75) is 27.7 Å². The number of hydrogen-bond acceptors (Lipinski definition) is 4. The van der Waals surface area contributed by atoms with Gasteiger partial charge in [-0.15, -0.1) is 0 Å². The molecule has 0 aromatic carbocycles. The van der Waals surface area contributed by atoms with E-state index in [2.05, 4.69) is 0 Å². The fourth-order valence-electron chi connectivity index (χ4n) is 0. The van der Waals surface area contributed by atoms with Crippen molar-refractivity contribution in [2.75, 3.05) is 0 Å². The molecular formula is C8H16Na2O8. The predicted octanol–water partition coefficient (Wildman–Crippen LogP) is -0.398. The van der Waals surface area contributed by atoms with Crippen LogP contribution in [0.5, 0.6) is 0 Å². The molecule has 0 fully saturated rings. The van der Waals surface area contributed by atoms with Gasteiger partial charge in [0.1, 0.15) is 0 Å². The molecule has 0 bridgehead atoms. The Balaban J connectivity index is -0.0000000257. The first kappa shape index (κ1) is 36.1. The van der Waals surface area contributed by atoms with Crippen LogP contribution in [0.15, 0.2) is 0 Å². The zero-order chi connectivity index (χ0) is 14.3. The molecule has 0 atom stereocenters. The van der Waals surface area contributed by atoms with Crippen LogP contribution >= 0.6 is 0 Å². The van der Waals surface area contributed by atoms with Gasteiger partial charge in [0.25, 0.3) is 23.9 Å². The van der Waals surface area contributed by atoms with E-state index < -0.39 is 23.9 Å². The predicted molar refractivity (Wildman–Crippen MR) is 64.7 cm³/mol. The molecule has 0 saturated carbocycles. The van der Waals surface area contributed by atoms with Gasteiger partial charge in [-0.3, -0.25) is 19.2 Å². The molecule has 0 aromatic rings. The van der Waals surface area contributed by atoms with Crippen LogP contribution in [0, 0.1) is 0 Å². The Morgan fingerprint density at radius 3 is 0.500 bits per heavy atom. The molecule has 0 unspecified atom stereocenters. The number of rotatable bonds is 0. The minimum Gasteiger partial charge on any atom is -0.481 e. The summed E-state index contributed by atoms with van der Waals surface area (Å²) in [5.74, 6) is -3.33. The third-order valence-electron chi connectivity index (χ3n) is 0. The Morgan fingerprint density at radius 2 is 0.500 bits per heavy atom. The van der Waals surface area contributed by atoms with Crippen LogP contribution in [-0.4, -0.2) is 103 Å². The molecule has 0 spiro atoms. The Hall–Kier alpha value is -0.120. The molecule has 0 aliphatic rings. The van der Waals surface area contributed by atoms with Crippen molar-refractivity contribution in [3.8, 4) is 0 Å². The largest absolute Gasteiger partial charge is 0.481 e. The Kier molecular flexibility index (Phi) is 60.5. The minimum atomic E-state index is -0.833. The normalized spacial score (nSPS) is 5.56. The van der Waals surface area contributed by atoms with E-state index in [4.69, 9.17) is 39.6 Å². The third kappa shape index (κ3) is 244000. The van der Waals surface area contributed by atoms with Gasteiger partial charge >= 0.3 is 0 Å². The standard InChI is InChI=1S/4C2H4O2.2Na/c4*1-2(3)4;;/h4*1H3,(H,3,4);;. The second-order valence-electron chi connectivity index (χ2n) is 2.08. The molecule has 0 rings (SSSR count). The van der Waals surface area contributed by atoms with Crippen molar-refractivity contribution in [2.24, 2.45) is 0 Å². The van der Waals surface area contributed by atoms with Crippen molar-refractivity contribution in [3.63, 3.8) is 0 Å². The molecule has 0 heterocycles. The van der Waals surface area contributed by atoms with Gasteiger partial charge in [0, 0.05) is 86.8 Å². The van der Waals surface area contributed by atoms with Gasteiger partial charge in [-0.2, -0.15) is 0 Å². The average molecular weight is 286 g/mol. The Morgan fingerprint density at radius 1 is 0.500 bits per heavy atom. The van der Waals surface area contributed by atoms with Crippen LogP contribution in [0.3, 0.4) is 0 Å². The van der Waals surface area contributed by atoms with Gasteiger partial charge in [0.05, 0.1) is 0 Å². The first-order valence-corrected chi connectivity index (χ1v) is 3.71. The summed E-state index contributed by atoms with van der Waals surface area (Å²) in [7, 11) is 0. The molecule has 18 heavy (non-hydrogen) atoms.